The SMILES string of the molecule is O=C(NCc1cccnc1-n1cncn1)c1ccccc1S(=O)(=O)N1CCCCC1. The lowest BCUT2D eigenvalue weighted by molar-refractivity contribution is 0.0947. The van der Waals surface area contributed by atoms with Crippen LogP contribution in [0.5, 0.6) is 0 Å². The zero-order valence-electron chi connectivity index (χ0n) is 16.3. The van der Waals surface area contributed by atoms with Crippen molar-refractivity contribution >= 4 is 15.9 Å². The van der Waals surface area contributed by atoms with E-state index < -0.39 is 15.9 Å². The van der Waals surface area contributed by atoms with Gasteiger partial charge in [-0.2, -0.15) is 9.40 Å². The lowest BCUT2D eigenvalue weighted by atomic mass is 10.2. The molecule has 1 aliphatic heterocycles. The third-order valence-corrected chi connectivity index (χ3v) is 6.96. The fraction of sp³-hybridized carbons (Fsp3) is 0.300. The van der Waals surface area contributed by atoms with Crippen molar-refractivity contribution in [2.45, 2.75) is 30.7 Å². The van der Waals surface area contributed by atoms with Gasteiger partial charge in [-0.15, -0.1) is 0 Å². The van der Waals surface area contributed by atoms with Gasteiger partial charge in [-0.3, -0.25) is 4.79 Å². The highest BCUT2D eigenvalue weighted by atomic mass is 32.2. The number of benzene rings is 1. The lowest BCUT2D eigenvalue weighted by Crippen LogP contribution is -2.37. The molecule has 30 heavy (non-hydrogen) atoms. The summed E-state index contributed by atoms with van der Waals surface area (Å²) in [6, 6.07) is 9.90. The number of amides is 1. The molecule has 9 nitrogen and oxygen atoms in total. The number of hydrogen-bond donors (Lipinski definition) is 1. The molecule has 1 amide bonds. The van der Waals surface area contributed by atoms with E-state index in [2.05, 4.69) is 20.4 Å². The summed E-state index contributed by atoms with van der Waals surface area (Å²) < 4.78 is 29.2. The second-order valence-electron chi connectivity index (χ2n) is 6.97. The van der Waals surface area contributed by atoms with Gasteiger partial charge in [0.05, 0.1) is 10.5 Å². The van der Waals surface area contributed by atoms with Crippen LogP contribution in [0.2, 0.25) is 0 Å². The van der Waals surface area contributed by atoms with E-state index in [0.717, 1.165) is 24.8 Å². The molecule has 0 spiro atoms. The summed E-state index contributed by atoms with van der Waals surface area (Å²) in [6.45, 7) is 1.13. The molecule has 0 atom stereocenters. The molecule has 0 aliphatic carbocycles. The van der Waals surface area contributed by atoms with E-state index in [1.54, 1.807) is 24.4 Å². The van der Waals surface area contributed by atoms with Gasteiger partial charge in [0, 0.05) is 31.4 Å². The van der Waals surface area contributed by atoms with Crippen LogP contribution >= 0.6 is 0 Å². The van der Waals surface area contributed by atoms with Crippen molar-refractivity contribution in [3.8, 4) is 5.82 Å². The zero-order valence-corrected chi connectivity index (χ0v) is 17.1. The van der Waals surface area contributed by atoms with E-state index >= 15 is 0 Å². The highest BCUT2D eigenvalue weighted by Crippen LogP contribution is 2.23. The Balaban J connectivity index is 1.56. The van der Waals surface area contributed by atoms with Crippen LogP contribution in [-0.4, -0.2) is 51.5 Å². The second-order valence-corrected chi connectivity index (χ2v) is 8.88. The maximum absolute atomic E-state index is 13.1. The Morgan fingerprint density at radius 1 is 1.07 bits per heavy atom. The van der Waals surface area contributed by atoms with E-state index in [0.29, 0.717) is 18.9 Å². The van der Waals surface area contributed by atoms with Gasteiger partial charge in [0.15, 0.2) is 5.82 Å². The number of rotatable bonds is 6. The van der Waals surface area contributed by atoms with E-state index in [1.807, 2.05) is 6.07 Å². The predicted molar refractivity (Wildman–Crippen MR) is 109 cm³/mol. The summed E-state index contributed by atoms with van der Waals surface area (Å²) in [5.41, 5.74) is 0.863. The van der Waals surface area contributed by atoms with Crippen molar-refractivity contribution in [1.29, 1.82) is 0 Å². The number of carbonyl (C=O) groups excluding carboxylic acids is 1. The van der Waals surface area contributed by atoms with Gasteiger partial charge < -0.3 is 5.32 Å². The van der Waals surface area contributed by atoms with Gasteiger partial charge in [-0.25, -0.2) is 23.1 Å². The smallest absolute Gasteiger partial charge is 0.252 e. The topological polar surface area (TPSA) is 110 Å². The Hall–Kier alpha value is -3.11. The van der Waals surface area contributed by atoms with Crippen LogP contribution in [0.1, 0.15) is 35.2 Å². The number of pyridine rings is 1. The Morgan fingerprint density at radius 2 is 1.87 bits per heavy atom. The molecule has 3 heterocycles. The Morgan fingerprint density at radius 3 is 2.63 bits per heavy atom. The third-order valence-electron chi connectivity index (χ3n) is 5.01. The van der Waals surface area contributed by atoms with Crippen molar-refractivity contribution in [3.63, 3.8) is 0 Å². The third kappa shape index (κ3) is 4.10. The van der Waals surface area contributed by atoms with E-state index in [9.17, 15) is 13.2 Å². The average molecular weight is 427 g/mol. The maximum atomic E-state index is 13.1. The molecule has 4 rings (SSSR count). The molecule has 0 saturated carbocycles. The maximum Gasteiger partial charge on any atom is 0.252 e. The molecule has 1 fully saturated rings. The first-order valence-corrected chi connectivity index (χ1v) is 11.2. The van der Waals surface area contributed by atoms with Crippen LogP contribution in [0.25, 0.3) is 5.82 Å². The first kappa shape index (κ1) is 20.2. The van der Waals surface area contributed by atoms with Crippen LogP contribution in [-0.2, 0) is 16.6 Å². The molecule has 1 aliphatic rings. The van der Waals surface area contributed by atoms with Crippen LogP contribution in [0, 0.1) is 0 Å². The van der Waals surface area contributed by atoms with Crippen molar-refractivity contribution < 1.29 is 13.2 Å². The second kappa shape index (κ2) is 8.72. The molecule has 0 bridgehead atoms. The Kier molecular flexibility index (Phi) is 5.86. The molecule has 1 N–H and O–H groups in total. The van der Waals surface area contributed by atoms with Crippen molar-refractivity contribution in [1.82, 2.24) is 29.4 Å². The van der Waals surface area contributed by atoms with Gasteiger partial charge in [0.1, 0.15) is 12.7 Å². The Labute approximate surface area is 174 Å². The summed E-state index contributed by atoms with van der Waals surface area (Å²) >= 11 is 0. The quantitative estimate of drug-likeness (QED) is 0.643. The fourth-order valence-electron chi connectivity index (χ4n) is 3.49. The number of nitrogens with zero attached hydrogens (tertiary/aromatic N) is 5. The van der Waals surface area contributed by atoms with E-state index in [-0.39, 0.29) is 17.0 Å². The monoisotopic (exact) mass is 426 g/mol. The normalized spacial score (nSPS) is 15.1. The zero-order chi connectivity index (χ0) is 21.0. The molecular formula is C20H22N6O3S. The highest BCUT2D eigenvalue weighted by molar-refractivity contribution is 7.89. The lowest BCUT2D eigenvalue weighted by Gasteiger charge is -2.26. The summed E-state index contributed by atoms with van der Waals surface area (Å²) in [5, 5.41) is 6.89. The van der Waals surface area contributed by atoms with Gasteiger partial charge >= 0.3 is 0 Å². The van der Waals surface area contributed by atoms with Crippen LogP contribution < -0.4 is 5.32 Å². The fourth-order valence-corrected chi connectivity index (χ4v) is 5.19. The summed E-state index contributed by atoms with van der Waals surface area (Å²) in [6.07, 6.45) is 7.24. The van der Waals surface area contributed by atoms with E-state index in [1.165, 1.54) is 33.8 Å². The van der Waals surface area contributed by atoms with Crippen molar-refractivity contribution in [2.24, 2.45) is 0 Å². The number of aromatic nitrogens is 4. The van der Waals surface area contributed by atoms with Gasteiger partial charge in [-0.1, -0.05) is 24.6 Å². The van der Waals surface area contributed by atoms with Crippen molar-refractivity contribution in [3.05, 3.63) is 66.4 Å². The first-order chi connectivity index (χ1) is 14.6. The standard InChI is InChI=1S/C20H22N6O3S/c27-20(23-13-16-7-6-10-22-19(16)26-15-21-14-24-26)17-8-2-3-9-18(17)30(28,29)25-11-4-1-5-12-25/h2-3,6-10,14-15H,1,4-5,11-13H2,(H,23,27). The summed E-state index contributed by atoms with van der Waals surface area (Å²) in [4.78, 5) is 21.2. The Bertz CT molecular complexity index is 1120. The minimum Gasteiger partial charge on any atom is -0.348 e. The largest absolute Gasteiger partial charge is 0.348 e. The number of nitrogens with one attached hydrogen (secondary N) is 1. The molecule has 1 saturated heterocycles. The van der Waals surface area contributed by atoms with Crippen molar-refractivity contribution in [2.75, 3.05) is 13.1 Å². The molecule has 156 valence electrons. The van der Waals surface area contributed by atoms with Gasteiger partial charge in [0.25, 0.3) is 5.91 Å². The average Bonchev–Trinajstić information content (AvgIpc) is 3.33. The highest BCUT2D eigenvalue weighted by Gasteiger charge is 2.29. The molecular weight excluding hydrogens is 404 g/mol. The molecule has 0 radical (unpaired) electrons. The van der Waals surface area contributed by atoms with Crippen LogP contribution in [0.15, 0.2) is 60.1 Å². The number of hydrogen-bond acceptors (Lipinski definition) is 6. The first-order valence-electron chi connectivity index (χ1n) is 9.73. The molecule has 10 heteroatoms. The minimum absolute atomic E-state index is 0.0343. The molecule has 0 unspecified atom stereocenters. The predicted octanol–water partition coefficient (Wildman–Crippen LogP) is 1.77. The van der Waals surface area contributed by atoms with Gasteiger partial charge in [-0.05, 0) is 31.0 Å². The number of sulfonamides is 1. The number of carbonyl (C=O) groups is 1. The molecule has 1 aromatic carbocycles. The van der Waals surface area contributed by atoms with E-state index in [4.69, 9.17) is 0 Å². The van der Waals surface area contributed by atoms with Crippen LogP contribution in [0.3, 0.4) is 0 Å². The summed E-state index contributed by atoms with van der Waals surface area (Å²) in [7, 11) is -3.73. The molecule has 3 aromatic rings. The summed E-state index contributed by atoms with van der Waals surface area (Å²) in [5.74, 6) is 0.0871. The minimum atomic E-state index is -3.73. The number of piperidine rings is 1. The van der Waals surface area contributed by atoms with Gasteiger partial charge in [0.2, 0.25) is 10.0 Å². The van der Waals surface area contributed by atoms with Crippen LogP contribution in [0.4, 0.5) is 0 Å². The molecule has 2 aromatic heterocycles.